The van der Waals surface area contributed by atoms with Gasteiger partial charge < -0.3 is 0 Å². The van der Waals surface area contributed by atoms with Gasteiger partial charge in [0.05, 0.1) is 11.4 Å². The second-order valence-electron chi connectivity index (χ2n) is 7.46. The lowest BCUT2D eigenvalue weighted by molar-refractivity contribution is -0.124. The summed E-state index contributed by atoms with van der Waals surface area (Å²) in [6.45, 7) is 0. The maximum atomic E-state index is 13.3. The topological polar surface area (TPSA) is 62.1 Å². The largest absolute Gasteiger partial charge is 0.293 e. The van der Waals surface area contributed by atoms with Crippen molar-refractivity contribution in [3.63, 3.8) is 0 Å². The number of carbonyl (C=O) groups excluding carboxylic acids is 2. The molecule has 0 aliphatic carbocycles. The van der Waals surface area contributed by atoms with Gasteiger partial charge in [0.15, 0.2) is 11.0 Å². The van der Waals surface area contributed by atoms with Crippen molar-refractivity contribution < 1.29 is 9.59 Å². The van der Waals surface area contributed by atoms with Crippen molar-refractivity contribution in [1.82, 2.24) is 4.90 Å². The van der Waals surface area contributed by atoms with E-state index in [9.17, 15) is 9.59 Å². The molecule has 0 unspecified atom stereocenters. The molecule has 158 valence electrons. The first kappa shape index (κ1) is 20.7. The summed E-state index contributed by atoms with van der Waals surface area (Å²) in [4.78, 5) is 37.0. The Balaban J connectivity index is 1.42. The molecule has 5 rings (SSSR count). The Morgan fingerprint density at radius 3 is 2.47 bits per heavy atom. The van der Waals surface area contributed by atoms with Crippen LogP contribution in [-0.2, 0) is 11.2 Å². The highest BCUT2D eigenvalue weighted by Crippen LogP contribution is 2.34. The molecule has 0 fully saturated rings. The lowest BCUT2D eigenvalue weighted by Crippen LogP contribution is -2.41. The van der Waals surface area contributed by atoms with Crippen molar-refractivity contribution in [3.05, 3.63) is 101 Å². The van der Waals surface area contributed by atoms with Crippen LogP contribution in [-0.4, -0.2) is 39.4 Å². The van der Waals surface area contributed by atoms with E-state index < -0.39 is 6.04 Å². The summed E-state index contributed by atoms with van der Waals surface area (Å²) in [6.07, 6.45) is 0.517. The van der Waals surface area contributed by atoms with Crippen LogP contribution in [0.5, 0.6) is 0 Å². The highest BCUT2D eigenvalue weighted by Gasteiger charge is 2.41. The third kappa shape index (κ3) is 3.99. The number of Topliss-reactive ketones (excluding diaryl/α,β-unsaturated/α-hetero) is 1. The number of aliphatic imine (C=N–C) groups is 2. The SMILES string of the molecule is O=C(CSC1=Nc2ccccc2C2=N[C@@H](Cc3ccccc3)C(=O)N12)c1ccc(Cl)cc1. The molecule has 0 saturated carbocycles. The number of para-hydroxylation sites is 1. The zero-order valence-electron chi connectivity index (χ0n) is 16.9. The normalized spacial score (nSPS) is 16.8. The predicted molar refractivity (Wildman–Crippen MR) is 129 cm³/mol. The Morgan fingerprint density at radius 2 is 1.69 bits per heavy atom. The molecule has 0 saturated heterocycles. The average Bonchev–Trinajstić information content (AvgIpc) is 3.15. The van der Waals surface area contributed by atoms with E-state index in [1.165, 1.54) is 11.8 Å². The van der Waals surface area contributed by atoms with Crippen LogP contribution in [0, 0.1) is 0 Å². The molecule has 0 bridgehead atoms. The molecule has 3 aromatic rings. The Hall–Kier alpha value is -3.22. The van der Waals surface area contributed by atoms with Crippen LogP contribution >= 0.6 is 23.4 Å². The molecule has 5 nitrogen and oxygen atoms in total. The minimum Gasteiger partial charge on any atom is -0.293 e. The summed E-state index contributed by atoms with van der Waals surface area (Å²) in [6, 6.07) is 23.7. The van der Waals surface area contributed by atoms with Gasteiger partial charge in [-0.05, 0) is 42.0 Å². The first-order valence-electron chi connectivity index (χ1n) is 10.2. The number of amides is 1. The Bertz CT molecular complexity index is 1260. The van der Waals surface area contributed by atoms with Crippen molar-refractivity contribution in [3.8, 4) is 0 Å². The fourth-order valence-corrected chi connectivity index (χ4v) is 4.74. The Morgan fingerprint density at radius 1 is 0.969 bits per heavy atom. The summed E-state index contributed by atoms with van der Waals surface area (Å²) in [5.74, 6) is 0.578. The fourth-order valence-electron chi connectivity index (χ4n) is 3.72. The Kier molecular flexibility index (Phi) is 5.64. The van der Waals surface area contributed by atoms with Gasteiger partial charge in [0.1, 0.15) is 11.9 Å². The summed E-state index contributed by atoms with van der Waals surface area (Å²) in [7, 11) is 0. The number of benzene rings is 3. The minimum absolute atomic E-state index is 0.0563. The zero-order chi connectivity index (χ0) is 22.1. The lowest BCUT2D eigenvalue weighted by atomic mass is 10.1. The summed E-state index contributed by atoms with van der Waals surface area (Å²) >= 11 is 7.17. The third-order valence-corrected chi connectivity index (χ3v) is 6.51. The highest BCUT2D eigenvalue weighted by molar-refractivity contribution is 8.14. The van der Waals surface area contributed by atoms with Gasteiger partial charge >= 0.3 is 0 Å². The summed E-state index contributed by atoms with van der Waals surface area (Å²) in [5, 5.41) is 1.06. The molecule has 1 atom stereocenters. The second kappa shape index (κ2) is 8.73. The van der Waals surface area contributed by atoms with Crippen LogP contribution in [0.25, 0.3) is 0 Å². The number of halogens is 1. The molecule has 0 radical (unpaired) electrons. The number of rotatable bonds is 5. The van der Waals surface area contributed by atoms with Crippen molar-refractivity contribution in [2.45, 2.75) is 12.5 Å². The van der Waals surface area contributed by atoms with E-state index in [0.717, 1.165) is 16.8 Å². The maximum absolute atomic E-state index is 13.3. The average molecular weight is 460 g/mol. The Labute approximate surface area is 194 Å². The van der Waals surface area contributed by atoms with Gasteiger partial charge in [0, 0.05) is 22.6 Å². The monoisotopic (exact) mass is 459 g/mol. The number of hydrogen-bond acceptors (Lipinski definition) is 5. The number of amidine groups is 2. The van der Waals surface area contributed by atoms with Gasteiger partial charge in [0.2, 0.25) is 0 Å². The second-order valence-corrected chi connectivity index (χ2v) is 8.84. The fraction of sp³-hybridized carbons (Fsp3) is 0.120. The van der Waals surface area contributed by atoms with Gasteiger partial charge in [-0.3, -0.25) is 14.6 Å². The van der Waals surface area contributed by atoms with Gasteiger partial charge in [-0.25, -0.2) is 9.89 Å². The van der Waals surface area contributed by atoms with Crippen LogP contribution < -0.4 is 0 Å². The molecular weight excluding hydrogens is 442 g/mol. The molecule has 2 aliphatic heterocycles. The van der Waals surface area contributed by atoms with Gasteiger partial charge in [0.25, 0.3) is 5.91 Å². The molecular formula is C25H18ClN3O2S. The van der Waals surface area contributed by atoms with Crippen LogP contribution in [0.4, 0.5) is 5.69 Å². The van der Waals surface area contributed by atoms with Crippen LogP contribution in [0.1, 0.15) is 21.5 Å². The maximum Gasteiger partial charge on any atom is 0.259 e. The molecule has 2 aliphatic rings. The predicted octanol–water partition coefficient (Wildman–Crippen LogP) is 5.16. The van der Waals surface area contributed by atoms with Crippen molar-refractivity contribution >= 4 is 51.7 Å². The van der Waals surface area contributed by atoms with E-state index in [0.29, 0.717) is 28.0 Å². The molecule has 0 N–H and O–H groups in total. The molecule has 3 aromatic carbocycles. The highest BCUT2D eigenvalue weighted by atomic mass is 35.5. The quantitative estimate of drug-likeness (QED) is 0.495. The van der Waals surface area contributed by atoms with E-state index in [1.807, 2.05) is 54.6 Å². The molecule has 0 spiro atoms. The van der Waals surface area contributed by atoms with Crippen LogP contribution in [0.15, 0.2) is 88.8 Å². The lowest BCUT2D eigenvalue weighted by Gasteiger charge is -2.25. The molecule has 7 heteroatoms. The van der Waals surface area contributed by atoms with Gasteiger partial charge in [-0.1, -0.05) is 65.8 Å². The van der Waals surface area contributed by atoms with Crippen LogP contribution in [0.3, 0.4) is 0 Å². The van der Waals surface area contributed by atoms with E-state index in [4.69, 9.17) is 21.6 Å². The summed E-state index contributed by atoms with van der Waals surface area (Å²) < 4.78 is 0. The van der Waals surface area contributed by atoms with Crippen molar-refractivity contribution in [2.75, 3.05) is 5.75 Å². The first-order chi connectivity index (χ1) is 15.6. The van der Waals surface area contributed by atoms with Crippen molar-refractivity contribution in [2.24, 2.45) is 9.98 Å². The standard InChI is InChI=1S/C25H18ClN3O2S/c26-18-12-10-17(11-13-18)22(30)15-32-25-28-20-9-5-4-8-19(20)23-27-21(24(31)29(23)25)14-16-6-2-1-3-7-16/h1-13,21H,14-15H2/t21-/m0/s1. The number of thioether (sulfide) groups is 1. The number of nitrogens with zero attached hydrogens (tertiary/aromatic N) is 3. The third-order valence-electron chi connectivity index (χ3n) is 5.32. The van der Waals surface area contributed by atoms with E-state index >= 15 is 0 Å². The van der Waals surface area contributed by atoms with Gasteiger partial charge in [-0.2, -0.15) is 0 Å². The first-order valence-corrected chi connectivity index (χ1v) is 11.5. The number of carbonyl (C=O) groups is 2. The number of ketones is 1. The van der Waals surface area contributed by atoms with E-state index in [1.54, 1.807) is 29.2 Å². The van der Waals surface area contributed by atoms with Gasteiger partial charge in [-0.15, -0.1) is 0 Å². The molecule has 0 aromatic heterocycles. The number of hydrogen-bond donors (Lipinski definition) is 0. The smallest absolute Gasteiger partial charge is 0.259 e. The van der Waals surface area contributed by atoms with E-state index in [2.05, 4.69) is 0 Å². The minimum atomic E-state index is -0.517. The number of fused-ring (bicyclic) bond motifs is 3. The molecule has 32 heavy (non-hydrogen) atoms. The molecule has 1 amide bonds. The summed E-state index contributed by atoms with van der Waals surface area (Å²) in [5.41, 5.74) is 3.19. The zero-order valence-corrected chi connectivity index (χ0v) is 18.5. The molecule has 2 heterocycles. The van der Waals surface area contributed by atoms with Crippen LogP contribution in [0.2, 0.25) is 5.02 Å². The van der Waals surface area contributed by atoms with Crippen molar-refractivity contribution in [1.29, 1.82) is 0 Å². The van der Waals surface area contributed by atoms with E-state index in [-0.39, 0.29) is 17.4 Å².